The largest absolute Gasteiger partial charge is 0.457 e. The minimum Gasteiger partial charge on any atom is -0.457 e. The molecular weight excluding hydrogens is 262 g/mol. The Balaban J connectivity index is 2.72. The molecule has 1 aromatic rings. The Morgan fingerprint density at radius 2 is 2.27 bits per heavy atom. The zero-order valence-electron chi connectivity index (χ0n) is 8.87. The van der Waals surface area contributed by atoms with E-state index in [0.29, 0.717) is 10.2 Å². The van der Waals surface area contributed by atoms with Crippen LogP contribution >= 0.6 is 15.9 Å². The molecular formula is C10H14BrNO3. The first-order chi connectivity index (χ1) is 6.83. The van der Waals surface area contributed by atoms with Crippen LogP contribution in [0.5, 0.6) is 0 Å². The normalized spacial score (nSPS) is 13.7. The van der Waals surface area contributed by atoms with Gasteiger partial charge in [0, 0.05) is 6.07 Å². The zero-order valence-corrected chi connectivity index (χ0v) is 10.5. The molecule has 0 saturated heterocycles. The molecule has 0 fully saturated rings. The maximum Gasteiger partial charge on any atom is 0.255 e. The number of hydrogen-bond acceptors (Lipinski definition) is 3. The molecule has 0 aliphatic rings. The molecule has 0 spiro atoms. The number of carbonyl (C=O) groups excluding carboxylic acids is 1. The van der Waals surface area contributed by atoms with Gasteiger partial charge in [-0.3, -0.25) is 4.79 Å². The predicted molar refractivity (Wildman–Crippen MR) is 59.6 cm³/mol. The summed E-state index contributed by atoms with van der Waals surface area (Å²) in [6.45, 7) is 5.14. The first-order valence-electron chi connectivity index (χ1n) is 4.57. The van der Waals surface area contributed by atoms with Crippen molar-refractivity contribution in [1.82, 2.24) is 5.32 Å². The lowest BCUT2D eigenvalue weighted by molar-refractivity contribution is 0.0709. The fourth-order valence-electron chi connectivity index (χ4n) is 0.898. The van der Waals surface area contributed by atoms with Gasteiger partial charge in [-0.25, -0.2) is 0 Å². The molecule has 1 amide bonds. The summed E-state index contributed by atoms with van der Waals surface area (Å²) >= 11 is 3.11. The number of aliphatic hydroxyl groups is 1. The lowest BCUT2D eigenvalue weighted by atomic mass is 9.98. The van der Waals surface area contributed by atoms with E-state index in [4.69, 9.17) is 4.42 Å². The van der Waals surface area contributed by atoms with Crippen molar-refractivity contribution < 1.29 is 14.3 Å². The minimum absolute atomic E-state index is 0.268. The second kappa shape index (κ2) is 4.37. The topological polar surface area (TPSA) is 62.5 Å². The SMILES string of the molecule is CC(O)C(C)(C)NC(=O)c1coc(Br)c1. The number of amides is 1. The van der Waals surface area contributed by atoms with Crippen LogP contribution < -0.4 is 5.32 Å². The summed E-state index contributed by atoms with van der Waals surface area (Å²) in [6, 6.07) is 1.58. The molecule has 0 aliphatic heterocycles. The minimum atomic E-state index is -0.666. The van der Waals surface area contributed by atoms with Gasteiger partial charge < -0.3 is 14.8 Å². The Labute approximate surface area is 96.8 Å². The van der Waals surface area contributed by atoms with Gasteiger partial charge in [-0.2, -0.15) is 0 Å². The van der Waals surface area contributed by atoms with E-state index >= 15 is 0 Å². The Bertz CT molecular complexity index is 357. The van der Waals surface area contributed by atoms with Crippen molar-refractivity contribution in [2.45, 2.75) is 32.4 Å². The second-order valence-electron chi connectivity index (χ2n) is 3.99. The Morgan fingerprint density at radius 3 is 2.67 bits per heavy atom. The van der Waals surface area contributed by atoms with Gasteiger partial charge >= 0.3 is 0 Å². The second-order valence-corrected chi connectivity index (χ2v) is 4.77. The maximum absolute atomic E-state index is 11.7. The van der Waals surface area contributed by atoms with Gasteiger partial charge in [-0.1, -0.05) is 0 Å². The van der Waals surface area contributed by atoms with Gasteiger partial charge in [-0.15, -0.1) is 0 Å². The Morgan fingerprint density at radius 1 is 1.67 bits per heavy atom. The van der Waals surface area contributed by atoms with Crippen LogP contribution in [0.15, 0.2) is 21.4 Å². The van der Waals surface area contributed by atoms with Gasteiger partial charge in [0.05, 0.1) is 17.2 Å². The summed E-state index contributed by atoms with van der Waals surface area (Å²) in [6.07, 6.45) is 0.731. The average Bonchev–Trinajstić information content (AvgIpc) is 2.50. The standard InChI is InChI=1S/C10H14BrNO3/c1-6(13)10(2,3)12-9(14)7-4-8(11)15-5-7/h4-6,13H,1-3H3,(H,12,14). The number of hydrogen-bond donors (Lipinski definition) is 2. The van der Waals surface area contributed by atoms with E-state index in [1.807, 2.05) is 0 Å². The van der Waals surface area contributed by atoms with Crippen LogP contribution in [0.2, 0.25) is 0 Å². The highest BCUT2D eigenvalue weighted by molar-refractivity contribution is 9.10. The van der Waals surface area contributed by atoms with Gasteiger partial charge in [0.15, 0.2) is 4.67 Å². The summed E-state index contributed by atoms with van der Waals surface area (Å²) in [5.41, 5.74) is -0.239. The zero-order chi connectivity index (χ0) is 11.6. The summed E-state index contributed by atoms with van der Waals surface area (Å²) in [5, 5.41) is 12.1. The fraction of sp³-hybridized carbons (Fsp3) is 0.500. The van der Waals surface area contributed by atoms with Crippen LogP contribution in [0, 0.1) is 0 Å². The van der Waals surface area contributed by atoms with Gasteiger partial charge in [0.2, 0.25) is 0 Å². The van der Waals surface area contributed by atoms with Crippen molar-refractivity contribution in [1.29, 1.82) is 0 Å². The number of nitrogens with one attached hydrogen (secondary N) is 1. The quantitative estimate of drug-likeness (QED) is 0.886. The van der Waals surface area contributed by atoms with Gasteiger partial charge in [0.25, 0.3) is 5.91 Å². The summed E-state index contributed by atoms with van der Waals surface area (Å²) in [4.78, 5) is 11.7. The molecule has 84 valence electrons. The summed E-state index contributed by atoms with van der Waals surface area (Å²) < 4.78 is 5.46. The maximum atomic E-state index is 11.7. The smallest absolute Gasteiger partial charge is 0.255 e. The Hall–Kier alpha value is -0.810. The molecule has 15 heavy (non-hydrogen) atoms. The number of aliphatic hydroxyl groups excluding tert-OH is 1. The molecule has 0 radical (unpaired) electrons. The molecule has 0 saturated carbocycles. The van der Waals surface area contributed by atoms with E-state index in [0.717, 1.165) is 0 Å². The molecule has 1 rings (SSSR count). The predicted octanol–water partition coefficient (Wildman–Crippen LogP) is 1.93. The van der Waals surface area contributed by atoms with Crippen LogP contribution in [-0.4, -0.2) is 22.7 Å². The van der Waals surface area contributed by atoms with Gasteiger partial charge in [-0.05, 0) is 36.7 Å². The number of furan rings is 1. The first-order valence-corrected chi connectivity index (χ1v) is 5.37. The van der Waals surface area contributed by atoms with Crippen molar-refractivity contribution >= 4 is 21.8 Å². The molecule has 0 bridgehead atoms. The Kier molecular flexibility index (Phi) is 3.57. The van der Waals surface area contributed by atoms with E-state index in [-0.39, 0.29) is 5.91 Å². The highest BCUT2D eigenvalue weighted by Crippen LogP contribution is 2.16. The van der Waals surface area contributed by atoms with Crippen molar-refractivity contribution in [3.05, 3.63) is 22.6 Å². The molecule has 4 nitrogen and oxygen atoms in total. The van der Waals surface area contributed by atoms with Crippen molar-refractivity contribution in [2.24, 2.45) is 0 Å². The fourth-order valence-corrected chi connectivity index (χ4v) is 1.24. The van der Waals surface area contributed by atoms with Gasteiger partial charge in [0.1, 0.15) is 6.26 Å². The lowest BCUT2D eigenvalue weighted by Crippen LogP contribution is -2.50. The van der Waals surface area contributed by atoms with Crippen LogP contribution in [0.3, 0.4) is 0 Å². The third-order valence-corrected chi connectivity index (χ3v) is 2.73. The molecule has 0 aliphatic carbocycles. The van der Waals surface area contributed by atoms with E-state index in [9.17, 15) is 9.90 Å². The third kappa shape index (κ3) is 3.07. The van der Waals surface area contributed by atoms with Crippen LogP contribution in [0.1, 0.15) is 31.1 Å². The molecule has 5 heteroatoms. The third-order valence-electron chi connectivity index (χ3n) is 2.31. The van der Waals surface area contributed by atoms with E-state index in [1.165, 1.54) is 6.26 Å². The summed E-state index contributed by atoms with van der Waals surface area (Å²) in [7, 11) is 0. The van der Waals surface area contributed by atoms with E-state index in [1.54, 1.807) is 26.8 Å². The van der Waals surface area contributed by atoms with Crippen LogP contribution in [0.25, 0.3) is 0 Å². The van der Waals surface area contributed by atoms with E-state index < -0.39 is 11.6 Å². The molecule has 1 unspecified atom stereocenters. The van der Waals surface area contributed by atoms with Crippen molar-refractivity contribution in [3.63, 3.8) is 0 Å². The molecule has 1 heterocycles. The van der Waals surface area contributed by atoms with Crippen LogP contribution in [-0.2, 0) is 0 Å². The van der Waals surface area contributed by atoms with Crippen molar-refractivity contribution in [2.75, 3.05) is 0 Å². The number of halogens is 1. The highest BCUT2D eigenvalue weighted by Gasteiger charge is 2.26. The van der Waals surface area contributed by atoms with Crippen LogP contribution in [0.4, 0.5) is 0 Å². The number of rotatable bonds is 3. The number of carbonyl (C=O) groups is 1. The average molecular weight is 276 g/mol. The monoisotopic (exact) mass is 275 g/mol. The molecule has 1 aromatic heterocycles. The first kappa shape index (κ1) is 12.3. The summed E-state index contributed by atoms with van der Waals surface area (Å²) in [5.74, 6) is -0.268. The lowest BCUT2D eigenvalue weighted by Gasteiger charge is -2.29. The van der Waals surface area contributed by atoms with Crippen molar-refractivity contribution in [3.8, 4) is 0 Å². The van der Waals surface area contributed by atoms with E-state index in [2.05, 4.69) is 21.2 Å². The molecule has 0 aromatic carbocycles. The molecule has 1 atom stereocenters. The molecule has 2 N–H and O–H groups in total. The highest BCUT2D eigenvalue weighted by atomic mass is 79.9.